The summed E-state index contributed by atoms with van der Waals surface area (Å²) in [5, 5.41) is 0. The number of amides is 1. The summed E-state index contributed by atoms with van der Waals surface area (Å²) in [5.74, 6) is 1.08. The van der Waals surface area contributed by atoms with Crippen molar-refractivity contribution in [2.24, 2.45) is 0 Å². The Labute approximate surface area is 223 Å². The SMILES string of the molecule is CCCCN(CCCC)C(=O)c1ccc2nc(Cc3ccc(C)cc3)n(CCCN3CCCCC3)c2n1. The summed E-state index contributed by atoms with van der Waals surface area (Å²) in [6, 6.07) is 12.6. The van der Waals surface area contributed by atoms with Crippen molar-refractivity contribution in [1.82, 2.24) is 24.3 Å². The van der Waals surface area contributed by atoms with Crippen LogP contribution < -0.4 is 0 Å². The summed E-state index contributed by atoms with van der Waals surface area (Å²) < 4.78 is 2.28. The van der Waals surface area contributed by atoms with Gasteiger partial charge in [0.2, 0.25) is 0 Å². The number of hydrogen-bond donors (Lipinski definition) is 0. The first-order valence-corrected chi connectivity index (χ1v) is 14.5. The molecule has 1 aliphatic rings. The highest BCUT2D eigenvalue weighted by molar-refractivity contribution is 5.94. The normalized spacial score (nSPS) is 14.4. The lowest BCUT2D eigenvalue weighted by molar-refractivity contribution is 0.0745. The minimum absolute atomic E-state index is 0.0463. The smallest absolute Gasteiger partial charge is 0.272 e. The number of fused-ring (bicyclic) bond motifs is 1. The molecule has 1 amide bonds. The van der Waals surface area contributed by atoms with Crippen LogP contribution in [0.25, 0.3) is 11.2 Å². The standard InChI is InChI=1S/C31H45N5O/c1-4-6-21-35(22-7-5-2)31(37)28-17-16-27-30(33-28)36(23-11-20-34-18-9-8-10-19-34)29(32-27)24-26-14-12-25(3)13-15-26/h12-17H,4-11,18-24H2,1-3H3. The van der Waals surface area contributed by atoms with Gasteiger partial charge in [-0.05, 0) is 76.4 Å². The van der Waals surface area contributed by atoms with E-state index in [-0.39, 0.29) is 5.91 Å². The highest BCUT2D eigenvalue weighted by Crippen LogP contribution is 2.20. The molecule has 0 saturated carbocycles. The molecule has 1 saturated heterocycles. The van der Waals surface area contributed by atoms with Gasteiger partial charge in [-0.2, -0.15) is 0 Å². The van der Waals surface area contributed by atoms with Crippen molar-refractivity contribution in [2.75, 3.05) is 32.7 Å². The van der Waals surface area contributed by atoms with E-state index in [2.05, 4.69) is 54.5 Å². The van der Waals surface area contributed by atoms with Gasteiger partial charge in [0.1, 0.15) is 17.0 Å². The van der Waals surface area contributed by atoms with E-state index in [1.165, 1.54) is 43.5 Å². The van der Waals surface area contributed by atoms with Gasteiger partial charge in [-0.1, -0.05) is 62.9 Å². The van der Waals surface area contributed by atoms with E-state index in [9.17, 15) is 4.79 Å². The first kappa shape index (κ1) is 27.3. The first-order chi connectivity index (χ1) is 18.1. The number of nitrogens with zero attached hydrogens (tertiary/aromatic N) is 5. The van der Waals surface area contributed by atoms with Crippen LogP contribution in [0.1, 0.15) is 92.7 Å². The zero-order valence-corrected chi connectivity index (χ0v) is 23.2. The van der Waals surface area contributed by atoms with Gasteiger partial charge in [0.15, 0.2) is 5.65 Å². The van der Waals surface area contributed by atoms with Crippen molar-refractivity contribution in [3.05, 3.63) is 59.0 Å². The summed E-state index contributed by atoms with van der Waals surface area (Å²) in [4.78, 5) is 28.0. The van der Waals surface area contributed by atoms with Gasteiger partial charge >= 0.3 is 0 Å². The number of imidazole rings is 1. The number of pyridine rings is 1. The maximum atomic E-state index is 13.5. The molecule has 2 aromatic heterocycles. The Bertz CT molecular complexity index is 1120. The number of benzene rings is 1. The Balaban J connectivity index is 1.60. The van der Waals surface area contributed by atoms with Crippen LogP contribution in [-0.4, -0.2) is 63.0 Å². The van der Waals surface area contributed by atoms with E-state index in [1.807, 2.05) is 17.0 Å². The van der Waals surface area contributed by atoms with Crippen molar-refractivity contribution in [3.63, 3.8) is 0 Å². The van der Waals surface area contributed by atoms with Gasteiger partial charge in [0.25, 0.3) is 5.91 Å². The van der Waals surface area contributed by atoms with Crippen molar-refractivity contribution in [3.8, 4) is 0 Å². The van der Waals surface area contributed by atoms with Crippen LogP contribution in [0.5, 0.6) is 0 Å². The Hall–Kier alpha value is -2.73. The monoisotopic (exact) mass is 503 g/mol. The predicted octanol–water partition coefficient (Wildman–Crippen LogP) is 6.25. The van der Waals surface area contributed by atoms with E-state index in [4.69, 9.17) is 9.97 Å². The molecule has 3 heterocycles. The lowest BCUT2D eigenvalue weighted by Gasteiger charge is -2.26. The van der Waals surface area contributed by atoms with E-state index in [1.54, 1.807) is 0 Å². The number of carbonyl (C=O) groups excluding carboxylic acids is 1. The van der Waals surface area contributed by atoms with Crippen molar-refractivity contribution in [2.45, 2.75) is 85.1 Å². The van der Waals surface area contributed by atoms with Crippen LogP contribution in [0.15, 0.2) is 36.4 Å². The lowest BCUT2D eigenvalue weighted by atomic mass is 10.1. The molecule has 37 heavy (non-hydrogen) atoms. The summed E-state index contributed by atoms with van der Waals surface area (Å²) in [6.07, 6.45) is 10.0. The molecule has 0 atom stereocenters. The van der Waals surface area contributed by atoms with E-state index < -0.39 is 0 Å². The lowest BCUT2D eigenvalue weighted by Crippen LogP contribution is -2.33. The number of aromatic nitrogens is 3. The molecule has 0 N–H and O–H groups in total. The maximum absolute atomic E-state index is 13.5. The molecule has 200 valence electrons. The summed E-state index contributed by atoms with van der Waals surface area (Å²) in [7, 11) is 0. The number of piperidine rings is 1. The number of likely N-dealkylation sites (tertiary alicyclic amines) is 1. The van der Waals surface area contributed by atoms with Gasteiger partial charge in [0.05, 0.1) is 0 Å². The number of aryl methyl sites for hydroxylation is 2. The second kappa shape index (κ2) is 13.7. The molecular weight excluding hydrogens is 458 g/mol. The van der Waals surface area contributed by atoms with E-state index in [0.29, 0.717) is 5.69 Å². The second-order valence-electron chi connectivity index (χ2n) is 10.6. The van der Waals surface area contributed by atoms with Crippen molar-refractivity contribution >= 4 is 17.1 Å². The molecule has 0 spiro atoms. The minimum atomic E-state index is 0.0463. The molecule has 4 rings (SSSR count). The predicted molar refractivity (Wildman–Crippen MR) is 152 cm³/mol. The average molecular weight is 504 g/mol. The van der Waals surface area contributed by atoms with Crippen LogP contribution in [0, 0.1) is 6.92 Å². The number of carbonyl (C=O) groups is 1. The Morgan fingerprint density at radius 3 is 2.24 bits per heavy atom. The van der Waals surface area contributed by atoms with Gasteiger partial charge in [-0.3, -0.25) is 4.79 Å². The first-order valence-electron chi connectivity index (χ1n) is 14.5. The Kier molecular flexibility index (Phi) is 10.1. The molecule has 1 fully saturated rings. The molecule has 6 nitrogen and oxygen atoms in total. The zero-order chi connectivity index (χ0) is 26.0. The fraction of sp³-hybridized carbons (Fsp3) is 0.581. The van der Waals surface area contributed by atoms with E-state index >= 15 is 0 Å². The average Bonchev–Trinajstić information content (AvgIpc) is 3.26. The summed E-state index contributed by atoms with van der Waals surface area (Å²) in [5.41, 5.74) is 4.78. The van der Waals surface area contributed by atoms with Gasteiger partial charge in [0, 0.05) is 26.1 Å². The molecule has 0 aliphatic carbocycles. The summed E-state index contributed by atoms with van der Waals surface area (Å²) >= 11 is 0. The third-order valence-corrected chi connectivity index (χ3v) is 7.53. The number of unbranched alkanes of at least 4 members (excludes halogenated alkanes) is 2. The third kappa shape index (κ3) is 7.41. The molecular formula is C31H45N5O. The maximum Gasteiger partial charge on any atom is 0.272 e. The van der Waals surface area contributed by atoms with Crippen molar-refractivity contribution < 1.29 is 4.79 Å². The Morgan fingerprint density at radius 2 is 1.57 bits per heavy atom. The zero-order valence-electron chi connectivity index (χ0n) is 23.2. The molecule has 6 heteroatoms. The molecule has 0 unspecified atom stereocenters. The van der Waals surface area contributed by atoms with Gasteiger partial charge < -0.3 is 14.4 Å². The van der Waals surface area contributed by atoms with Gasteiger partial charge in [-0.15, -0.1) is 0 Å². The van der Waals surface area contributed by atoms with Gasteiger partial charge in [-0.25, -0.2) is 9.97 Å². The molecule has 1 aliphatic heterocycles. The molecule has 0 bridgehead atoms. The quantitative estimate of drug-likeness (QED) is 0.277. The fourth-order valence-electron chi connectivity index (χ4n) is 5.24. The minimum Gasteiger partial charge on any atom is -0.337 e. The molecule has 0 radical (unpaired) electrons. The van der Waals surface area contributed by atoms with Crippen molar-refractivity contribution in [1.29, 1.82) is 0 Å². The van der Waals surface area contributed by atoms with E-state index in [0.717, 1.165) is 81.7 Å². The highest BCUT2D eigenvalue weighted by Gasteiger charge is 2.20. The Morgan fingerprint density at radius 1 is 0.865 bits per heavy atom. The largest absolute Gasteiger partial charge is 0.337 e. The molecule has 3 aromatic rings. The number of rotatable bonds is 13. The topological polar surface area (TPSA) is 54.3 Å². The van der Waals surface area contributed by atoms with Crippen LogP contribution in [0.3, 0.4) is 0 Å². The highest BCUT2D eigenvalue weighted by atomic mass is 16.2. The van der Waals surface area contributed by atoms with Crippen LogP contribution in [0.2, 0.25) is 0 Å². The fourth-order valence-corrected chi connectivity index (χ4v) is 5.24. The van der Waals surface area contributed by atoms with Crippen LogP contribution in [-0.2, 0) is 13.0 Å². The number of hydrogen-bond acceptors (Lipinski definition) is 4. The summed E-state index contributed by atoms with van der Waals surface area (Å²) in [6.45, 7) is 12.4. The molecule has 1 aromatic carbocycles. The van der Waals surface area contributed by atoms with Crippen LogP contribution in [0.4, 0.5) is 0 Å². The second-order valence-corrected chi connectivity index (χ2v) is 10.6. The third-order valence-electron chi connectivity index (χ3n) is 7.53. The van der Waals surface area contributed by atoms with Crippen LogP contribution >= 0.6 is 0 Å².